The van der Waals surface area contributed by atoms with Crippen LogP contribution in [0, 0.1) is 11.8 Å². The molecule has 1 N–H and O–H groups in total. The van der Waals surface area contributed by atoms with E-state index in [0.717, 1.165) is 5.75 Å². The smallest absolute Gasteiger partial charge is 0.326 e. The van der Waals surface area contributed by atoms with Crippen molar-refractivity contribution in [1.82, 2.24) is 5.32 Å². The van der Waals surface area contributed by atoms with Crippen LogP contribution in [0.1, 0.15) is 18.9 Å². The molecule has 2 fully saturated rings. The van der Waals surface area contributed by atoms with Gasteiger partial charge in [0.25, 0.3) is 5.91 Å². The predicted molar refractivity (Wildman–Crippen MR) is 138 cm³/mol. The summed E-state index contributed by atoms with van der Waals surface area (Å²) in [7, 11) is 0. The molecule has 188 valence electrons. The molecule has 3 amide bonds. The number of halogens is 1. The quantitative estimate of drug-likeness (QED) is 0.437. The van der Waals surface area contributed by atoms with Gasteiger partial charge in [0.15, 0.2) is 0 Å². The van der Waals surface area contributed by atoms with Gasteiger partial charge in [0, 0.05) is 22.3 Å². The summed E-state index contributed by atoms with van der Waals surface area (Å²) in [6.45, 7) is 1.61. The molecule has 3 aliphatic heterocycles. The molecule has 10 heteroatoms. The number of benzene rings is 2. The van der Waals surface area contributed by atoms with Crippen LogP contribution in [0.25, 0.3) is 0 Å². The summed E-state index contributed by atoms with van der Waals surface area (Å²) in [6, 6.07) is 13.3. The summed E-state index contributed by atoms with van der Waals surface area (Å²) in [5, 5.41) is 3.84. The number of hydrogen-bond donors (Lipinski definition) is 1. The molecular formula is C26H26ClN3O5S. The van der Waals surface area contributed by atoms with Gasteiger partial charge in [-0.05, 0) is 49.6 Å². The van der Waals surface area contributed by atoms with Crippen LogP contribution in [0.5, 0.6) is 0 Å². The first kappa shape index (κ1) is 24.8. The van der Waals surface area contributed by atoms with Crippen molar-refractivity contribution in [2.75, 3.05) is 35.0 Å². The first-order valence-electron chi connectivity index (χ1n) is 11.8. The normalized spacial score (nSPS) is 26.6. The Hall–Kier alpha value is -2.88. The van der Waals surface area contributed by atoms with Crippen molar-refractivity contribution < 1.29 is 23.9 Å². The number of thioether (sulfide) groups is 1. The Morgan fingerprint density at radius 1 is 1.14 bits per heavy atom. The second kappa shape index (κ2) is 9.53. The van der Waals surface area contributed by atoms with Crippen molar-refractivity contribution in [2.24, 2.45) is 11.8 Å². The molecule has 0 radical (unpaired) electrons. The summed E-state index contributed by atoms with van der Waals surface area (Å²) in [5.74, 6) is -2.71. The van der Waals surface area contributed by atoms with Crippen molar-refractivity contribution in [2.45, 2.75) is 24.9 Å². The fourth-order valence-corrected chi connectivity index (χ4v) is 6.48. The first-order chi connectivity index (χ1) is 17.3. The number of nitrogens with one attached hydrogen (secondary N) is 1. The highest BCUT2D eigenvalue weighted by Gasteiger charge is 2.71. The van der Waals surface area contributed by atoms with E-state index in [4.69, 9.17) is 16.3 Å². The molecular weight excluding hydrogens is 502 g/mol. The number of amides is 3. The highest BCUT2D eigenvalue weighted by molar-refractivity contribution is 7.98. The maximum Gasteiger partial charge on any atom is 0.326 e. The van der Waals surface area contributed by atoms with Crippen LogP contribution in [0.4, 0.5) is 11.4 Å². The van der Waals surface area contributed by atoms with Gasteiger partial charge in [-0.15, -0.1) is 0 Å². The van der Waals surface area contributed by atoms with Crippen molar-refractivity contribution in [1.29, 1.82) is 0 Å². The number of nitrogens with zero attached hydrogens (tertiary/aromatic N) is 2. The van der Waals surface area contributed by atoms with Crippen LogP contribution in [0.3, 0.4) is 0 Å². The van der Waals surface area contributed by atoms with Crippen LogP contribution < -0.4 is 15.1 Å². The number of anilines is 2. The van der Waals surface area contributed by atoms with E-state index in [0.29, 0.717) is 28.4 Å². The number of carbonyl (C=O) groups excluding carboxylic acids is 4. The van der Waals surface area contributed by atoms with Crippen molar-refractivity contribution in [3.63, 3.8) is 0 Å². The van der Waals surface area contributed by atoms with Crippen molar-refractivity contribution in [3.05, 3.63) is 59.1 Å². The minimum absolute atomic E-state index is 0.189. The Balaban J connectivity index is 1.63. The highest BCUT2D eigenvalue weighted by atomic mass is 35.5. The van der Waals surface area contributed by atoms with Gasteiger partial charge in [-0.3, -0.25) is 29.4 Å². The molecule has 2 aromatic rings. The Labute approximate surface area is 218 Å². The lowest BCUT2D eigenvalue weighted by Crippen LogP contribution is -2.55. The molecule has 0 saturated carbocycles. The topological polar surface area (TPSA) is 96.0 Å². The maximum atomic E-state index is 14.2. The number of ether oxygens (including phenoxy) is 1. The number of esters is 1. The largest absolute Gasteiger partial charge is 0.465 e. The van der Waals surface area contributed by atoms with E-state index in [2.05, 4.69) is 5.32 Å². The Bertz CT molecular complexity index is 1260. The van der Waals surface area contributed by atoms with Crippen LogP contribution in [-0.2, 0) is 29.5 Å². The van der Waals surface area contributed by atoms with Gasteiger partial charge in [0.05, 0.1) is 24.1 Å². The van der Waals surface area contributed by atoms with Gasteiger partial charge < -0.3 is 4.74 Å². The fourth-order valence-electron chi connectivity index (χ4n) is 5.80. The number of rotatable bonds is 7. The van der Waals surface area contributed by atoms with Crippen molar-refractivity contribution in [3.8, 4) is 0 Å². The summed E-state index contributed by atoms with van der Waals surface area (Å²) in [4.78, 5) is 56.9. The summed E-state index contributed by atoms with van der Waals surface area (Å²) in [5.41, 5.74) is 0.0493. The maximum absolute atomic E-state index is 14.2. The highest BCUT2D eigenvalue weighted by Crippen LogP contribution is 2.55. The van der Waals surface area contributed by atoms with Crippen LogP contribution in [-0.4, -0.2) is 54.9 Å². The lowest BCUT2D eigenvalue weighted by Gasteiger charge is -2.30. The third-order valence-electron chi connectivity index (χ3n) is 7.16. The standard InChI is InChI=1S/C26H26ClN3O5S/c1-3-35-20(31)14-29-19-10-5-4-9-17(19)26(25(29)34)22-21(18(28-26)11-12-36-2)23(32)30(24(22)33)16-8-6-7-15(27)13-16/h4-10,13,18,21-22,28H,3,11-12,14H2,1-2H3/t18-,21-,22-,26+/m1/s1. The van der Waals surface area contributed by atoms with E-state index < -0.39 is 41.2 Å². The first-order valence-corrected chi connectivity index (χ1v) is 13.6. The molecule has 4 atom stereocenters. The third-order valence-corrected chi connectivity index (χ3v) is 8.04. The molecule has 8 nitrogen and oxygen atoms in total. The number of fused-ring (bicyclic) bond motifs is 4. The molecule has 0 aromatic heterocycles. The lowest BCUT2D eigenvalue weighted by molar-refractivity contribution is -0.142. The van der Waals surface area contributed by atoms with E-state index in [1.165, 1.54) is 9.80 Å². The predicted octanol–water partition coefficient (Wildman–Crippen LogP) is 2.98. The molecule has 0 aliphatic carbocycles. The lowest BCUT2D eigenvalue weighted by atomic mass is 9.76. The molecule has 0 unspecified atom stereocenters. The van der Waals surface area contributed by atoms with Crippen LogP contribution >= 0.6 is 23.4 Å². The Morgan fingerprint density at radius 3 is 2.64 bits per heavy atom. The van der Waals surface area contributed by atoms with E-state index in [-0.39, 0.29) is 19.1 Å². The molecule has 1 spiro atoms. The molecule has 3 aliphatic rings. The third kappa shape index (κ3) is 3.64. The number of imide groups is 1. The average Bonchev–Trinajstić information content (AvgIpc) is 3.42. The average molecular weight is 528 g/mol. The van der Waals surface area contributed by atoms with Gasteiger partial charge >= 0.3 is 5.97 Å². The second-order valence-corrected chi connectivity index (χ2v) is 10.5. The fraction of sp³-hybridized carbons (Fsp3) is 0.385. The zero-order chi connectivity index (χ0) is 25.6. The molecule has 2 saturated heterocycles. The van der Waals surface area contributed by atoms with Gasteiger partial charge in [-0.25, -0.2) is 4.90 Å². The molecule has 36 heavy (non-hydrogen) atoms. The van der Waals surface area contributed by atoms with Gasteiger partial charge in [-0.2, -0.15) is 11.8 Å². The zero-order valence-electron chi connectivity index (χ0n) is 19.9. The summed E-state index contributed by atoms with van der Waals surface area (Å²) < 4.78 is 5.11. The zero-order valence-corrected chi connectivity index (χ0v) is 21.5. The van der Waals surface area contributed by atoms with E-state index in [9.17, 15) is 19.2 Å². The number of carbonyl (C=O) groups is 4. The van der Waals surface area contributed by atoms with Crippen LogP contribution in [0.15, 0.2) is 48.5 Å². The monoisotopic (exact) mass is 527 g/mol. The molecule has 0 bridgehead atoms. The van der Waals surface area contributed by atoms with Gasteiger partial charge in [-0.1, -0.05) is 35.9 Å². The van der Waals surface area contributed by atoms with Gasteiger partial charge in [0.2, 0.25) is 11.8 Å². The minimum atomic E-state index is -1.46. The van der Waals surface area contributed by atoms with E-state index in [1.54, 1.807) is 67.2 Å². The van der Waals surface area contributed by atoms with Crippen LogP contribution in [0.2, 0.25) is 5.02 Å². The van der Waals surface area contributed by atoms with Gasteiger partial charge in [0.1, 0.15) is 12.1 Å². The van der Waals surface area contributed by atoms with Crippen molar-refractivity contribution >= 4 is 58.4 Å². The number of hydrogen-bond acceptors (Lipinski definition) is 7. The molecule has 3 heterocycles. The molecule has 5 rings (SSSR count). The Morgan fingerprint density at radius 2 is 1.92 bits per heavy atom. The van der Waals surface area contributed by atoms with E-state index in [1.807, 2.05) is 6.26 Å². The number of para-hydroxylation sites is 1. The molecule has 2 aromatic carbocycles. The Kier molecular flexibility index (Phi) is 6.57. The van der Waals surface area contributed by atoms with E-state index >= 15 is 0 Å². The minimum Gasteiger partial charge on any atom is -0.465 e. The summed E-state index contributed by atoms with van der Waals surface area (Å²) in [6.07, 6.45) is 2.57. The summed E-state index contributed by atoms with van der Waals surface area (Å²) >= 11 is 7.80. The second-order valence-electron chi connectivity index (χ2n) is 9.05. The SMILES string of the molecule is CCOC(=O)CN1C(=O)[C@]2(N[C@H](CCSC)[C@H]3C(=O)N(c4cccc(Cl)c4)C(=O)[C@@H]32)c2ccccc21.